The Morgan fingerprint density at radius 2 is 1.43 bits per heavy atom. The van der Waals surface area contributed by atoms with Gasteiger partial charge >= 0.3 is 30.0 Å². The summed E-state index contributed by atoms with van der Waals surface area (Å²) in [5.74, 6) is -7.74. The smallest absolute Gasteiger partial charge is 0.408 e. The standard InChI is InChI=1S/C70H102N4O21/c1-15-67(10,16-2)58(80)46(29-23-24-33-71-51(77)32-34-88-37-38-89-36-35-87-14)72-61(82)47(74(12)13)30-31-52(78)92-56(54(44-25-19-17-20-26-44)73-64(85)95-65(5,6)7)63(84)91-48-40-70(86)60(93-62(83)45-27-21-18-22-28-45)57-68(11,59(81)55(79)53(42(48)3)66(70,8)9)49(76)39-50-69(57,41-90-50)94-43(4)75/h17-22,25-28,46-50,54-57,60,76,79,86H,15-16,23-24,29-41H2,1-14H3,(H,71,77)(H,72,82)(H,73,85)/t46?,47-,48-,49-,50+,54-,55+,56+,57-,60-,68+,69-,70+/m0/s1. The Hall–Kier alpha value is -6.71. The number of likely N-dealkylation sites (N-methyl/N-ethyl adjacent to an activating group) is 1. The van der Waals surface area contributed by atoms with Crippen LogP contribution in [0.15, 0.2) is 71.8 Å². The first-order valence-corrected chi connectivity index (χ1v) is 33.0. The summed E-state index contributed by atoms with van der Waals surface area (Å²) in [7, 11) is 4.82. The number of nitrogens with one attached hydrogen (secondary N) is 3. The zero-order valence-corrected chi connectivity index (χ0v) is 57.7. The molecule has 2 saturated carbocycles. The van der Waals surface area contributed by atoms with Crippen LogP contribution in [-0.4, -0.2) is 206 Å². The Labute approximate surface area is 557 Å². The van der Waals surface area contributed by atoms with E-state index in [9.17, 15) is 48.9 Å². The van der Waals surface area contributed by atoms with Gasteiger partial charge in [-0.25, -0.2) is 14.4 Å². The van der Waals surface area contributed by atoms with Crippen molar-refractivity contribution in [2.75, 3.05) is 67.4 Å². The van der Waals surface area contributed by atoms with Crippen LogP contribution in [0, 0.1) is 22.2 Å². The van der Waals surface area contributed by atoms with E-state index in [2.05, 4.69) is 16.0 Å². The van der Waals surface area contributed by atoms with E-state index in [-0.39, 0.29) is 72.9 Å². The minimum Gasteiger partial charge on any atom is -0.455 e. The minimum atomic E-state index is -2.51. The number of esters is 4. The van der Waals surface area contributed by atoms with Crippen molar-refractivity contribution in [3.05, 3.63) is 82.9 Å². The molecule has 6 N–H and O–H groups in total. The third kappa shape index (κ3) is 17.9. The highest BCUT2D eigenvalue weighted by molar-refractivity contribution is 5.95. The molecule has 6 rings (SSSR count). The molecule has 95 heavy (non-hydrogen) atoms. The van der Waals surface area contributed by atoms with Crippen LogP contribution >= 0.6 is 0 Å². The number of hydrogen-bond acceptors (Lipinski definition) is 22. The number of methoxy groups -OCH3 is 1. The molecule has 25 nitrogen and oxygen atoms in total. The van der Waals surface area contributed by atoms with Gasteiger partial charge in [-0.1, -0.05) is 83.1 Å². The topological polar surface area (TPSA) is 337 Å². The summed E-state index contributed by atoms with van der Waals surface area (Å²) in [5, 5.41) is 47.3. The van der Waals surface area contributed by atoms with E-state index in [1.807, 2.05) is 20.8 Å². The maximum atomic E-state index is 15.6. The average molecular weight is 1340 g/mol. The first-order chi connectivity index (χ1) is 44.7. The van der Waals surface area contributed by atoms with E-state index in [4.69, 9.17) is 42.6 Å². The highest BCUT2D eigenvalue weighted by atomic mass is 16.6. The molecular weight excluding hydrogens is 1230 g/mol. The molecule has 528 valence electrons. The predicted molar refractivity (Wildman–Crippen MR) is 345 cm³/mol. The fraction of sp³-hybridized carbons (Fsp3) is 0.671. The van der Waals surface area contributed by atoms with E-state index in [0.717, 1.165) is 6.92 Å². The number of hydrogen-bond donors (Lipinski definition) is 6. The van der Waals surface area contributed by atoms with Gasteiger partial charge in [0.15, 0.2) is 17.2 Å². The molecule has 13 atom stereocenters. The van der Waals surface area contributed by atoms with E-state index in [0.29, 0.717) is 58.7 Å². The van der Waals surface area contributed by atoms with Crippen molar-refractivity contribution in [2.24, 2.45) is 22.2 Å². The van der Waals surface area contributed by atoms with Crippen LogP contribution in [0.25, 0.3) is 0 Å². The lowest BCUT2D eigenvalue weighted by Crippen LogP contribution is -2.81. The fourth-order valence-electron chi connectivity index (χ4n) is 13.7. The Balaban J connectivity index is 1.32. The van der Waals surface area contributed by atoms with E-state index in [1.165, 1.54) is 39.8 Å². The van der Waals surface area contributed by atoms with E-state index in [1.54, 1.807) is 95.4 Å². The summed E-state index contributed by atoms with van der Waals surface area (Å²) in [5.41, 5.74) is -9.96. The molecule has 0 radical (unpaired) electrons. The molecule has 1 saturated heterocycles. The predicted octanol–water partition coefficient (Wildman–Crippen LogP) is 5.76. The first kappa shape index (κ1) is 77.3. The van der Waals surface area contributed by atoms with Crippen LogP contribution in [0.1, 0.15) is 162 Å². The van der Waals surface area contributed by atoms with Gasteiger partial charge in [0.05, 0.1) is 74.7 Å². The normalized spacial score (nSPS) is 25.9. The molecule has 2 aromatic carbocycles. The van der Waals surface area contributed by atoms with Crippen molar-refractivity contribution >= 4 is 53.4 Å². The SMILES string of the molecule is CCC(C)(CC)C(=O)C(CCCCNC(=O)CCOCCOCCOC)NC(=O)[C@H](CCC(=O)O[C@@H](C(=O)O[C@H]1C[C@@]2(O)[C@@H](OC(=O)c3ccccc3)[C@@H]3[C@]4(OC(C)=O)CO[C@@H]4C[C@H](O)[C@@]3(C)C(=O)[C@H](O)C(=C1C)C2(C)C)[C@@H](NC(=O)OC(C)(C)C)c1ccccc1)N(C)C. The number of Topliss-reactive ketones (excluding diaryl/α,β-unsaturated/α-hetero) is 2. The Morgan fingerprint density at radius 3 is 2.01 bits per heavy atom. The molecular formula is C70H102N4O21. The molecule has 3 amide bonds. The lowest BCUT2D eigenvalue weighted by Gasteiger charge is -2.67. The number of alkyl carbamates (subject to hydrolysis) is 1. The summed E-state index contributed by atoms with van der Waals surface area (Å²) in [4.78, 5) is 130. The zero-order chi connectivity index (χ0) is 70.4. The molecule has 4 aliphatic rings. The lowest BCUT2D eigenvalue weighted by molar-refractivity contribution is -0.346. The maximum Gasteiger partial charge on any atom is 0.408 e. The summed E-state index contributed by atoms with van der Waals surface area (Å²) >= 11 is 0. The monoisotopic (exact) mass is 1330 g/mol. The summed E-state index contributed by atoms with van der Waals surface area (Å²) in [6, 6.07) is 12.2. The molecule has 1 heterocycles. The van der Waals surface area contributed by atoms with Gasteiger partial charge in [0.2, 0.25) is 17.9 Å². The molecule has 2 bridgehead atoms. The fourth-order valence-corrected chi connectivity index (χ4v) is 13.7. The third-order valence-corrected chi connectivity index (χ3v) is 19.7. The highest BCUT2D eigenvalue weighted by Crippen LogP contribution is 2.64. The zero-order valence-electron chi connectivity index (χ0n) is 57.7. The number of unbranched alkanes of at least 4 members (excludes halogenated alkanes) is 1. The van der Waals surface area contributed by atoms with Gasteiger partial charge < -0.3 is 73.9 Å². The number of rotatable bonds is 33. The molecule has 1 aliphatic heterocycles. The number of amides is 3. The number of fused-ring (bicyclic) bond motifs is 5. The third-order valence-electron chi connectivity index (χ3n) is 19.7. The molecule has 3 aliphatic carbocycles. The second-order valence-electron chi connectivity index (χ2n) is 27.6. The molecule has 0 aromatic heterocycles. The average Bonchev–Trinajstić information content (AvgIpc) is 0.671. The Bertz CT molecular complexity index is 3040. The number of carbonyl (C=O) groups is 9. The molecule has 2 aromatic rings. The second kappa shape index (κ2) is 33.0. The highest BCUT2D eigenvalue weighted by Gasteiger charge is 2.78. The number of aliphatic hydroxyl groups is 3. The van der Waals surface area contributed by atoms with Crippen molar-refractivity contribution < 1.29 is 101 Å². The van der Waals surface area contributed by atoms with Crippen LogP contribution in [-0.2, 0) is 76.2 Å². The number of ether oxygens (including phenoxy) is 9. The van der Waals surface area contributed by atoms with Crippen LogP contribution in [0.3, 0.4) is 0 Å². The Morgan fingerprint density at radius 1 is 0.811 bits per heavy atom. The van der Waals surface area contributed by atoms with Crippen molar-refractivity contribution in [1.29, 1.82) is 0 Å². The summed E-state index contributed by atoms with van der Waals surface area (Å²) < 4.78 is 52.6. The van der Waals surface area contributed by atoms with Gasteiger partial charge in [0.1, 0.15) is 41.7 Å². The van der Waals surface area contributed by atoms with Crippen molar-refractivity contribution in [1.82, 2.24) is 20.9 Å². The lowest BCUT2D eigenvalue weighted by atomic mass is 9.44. The van der Waals surface area contributed by atoms with Crippen LogP contribution in [0.5, 0.6) is 0 Å². The van der Waals surface area contributed by atoms with Crippen molar-refractivity contribution in [2.45, 2.75) is 212 Å². The number of carbonyl (C=O) groups excluding carboxylic acids is 9. The van der Waals surface area contributed by atoms with E-state index < -0.39 is 148 Å². The van der Waals surface area contributed by atoms with Gasteiger partial charge in [-0.05, 0) is 116 Å². The van der Waals surface area contributed by atoms with Crippen LogP contribution in [0.4, 0.5) is 4.79 Å². The summed E-state index contributed by atoms with van der Waals surface area (Å²) in [6.07, 6.45) is -10.9. The molecule has 25 heteroatoms. The van der Waals surface area contributed by atoms with Gasteiger partial charge in [-0.3, -0.25) is 33.7 Å². The van der Waals surface area contributed by atoms with Gasteiger partial charge in [-0.15, -0.1) is 0 Å². The van der Waals surface area contributed by atoms with Crippen LogP contribution < -0.4 is 16.0 Å². The number of nitrogens with zero attached hydrogens (tertiary/aromatic N) is 1. The molecule has 3 fully saturated rings. The molecule has 1 unspecified atom stereocenters. The van der Waals surface area contributed by atoms with Gasteiger partial charge in [0.25, 0.3) is 0 Å². The second-order valence-corrected chi connectivity index (χ2v) is 27.6. The van der Waals surface area contributed by atoms with Crippen molar-refractivity contribution in [3.8, 4) is 0 Å². The number of benzene rings is 2. The number of ketones is 2. The van der Waals surface area contributed by atoms with E-state index >= 15 is 9.59 Å². The van der Waals surface area contributed by atoms with Crippen LogP contribution in [0.2, 0.25) is 0 Å². The Kier molecular flexibility index (Phi) is 26.9. The largest absolute Gasteiger partial charge is 0.455 e. The maximum absolute atomic E-state index is 15.6. The first-order valence-electron chi connectivity index (χ1n) is 33.0. The van der Waals surface area contributed by atoms with Gasteiger partial charge in [0, 0.05) is 57.1 Å². The van der Waals surface area contributed by atoms with Gasteiger partial charge in [-0.2, -0.15) is 0 Å². The van der Waals surface area contributed by atoms with Crippen molar-refractivity contribution in [3.63, 3.8) is 0 Å². The molecule has 0 spiro atoms. The summed E-state index contributed by atoms with van der Waals surface area (Å²) in [6.45, 7) is 19.2. The quantitative estimate of drug-likeness (QED) is 0.0214. The number of aliphatic hydroxyl groups excluding tert-OH is 2. The minimum absolute atomic E-state index is 0.0213.